The number of hydrogen-bond donors (Lipinski definition) is 1. The van der Waals surface area contributed by atoms with Gasteiger partial charge in [0.25, 0.3) is 8.32 Å². The maximum absolute atomic E-state index is 11.0. The molecule has 5 nitrogen and oxygen atoms in total. The predicted octanol–water partition coefficient (Wildman–Crippen LogP) is 9.08. The molecule has 272 valence electrons. The van der Waals surface area contributed by atoms with Crippen LogP contribution in [-0.4, -0.2) is 59.6 Å². The average molecular weight is 715 g/mol. The average Bonchev–Trinajstić information content (AvgIpc) is 3.04. The molecule has 0 spiro atoms. The summed E-state index contributed by atoms with van der Waals surface area (Å²) in [6, 6.07) is 30.7. The lowest BCUT2D eigenvalue weighted by atomic mass is 9.92. The zero-order chi connectivity index (χ0) is 36.4. The van der Waals surface area contributed by atoms with Gasteiger partial charge in [-0.2, -0.15) is 0 Å². The zero-order valence-corrected chi connectivity index (χ0v) is 33.8. The van der Waals surface area contributed by atoms with Crippen LogP contribution in [0.25, 0.3) is 0 Å². The van der Waals surface area contributed by atoms with E-state index < -0.39 is 22.5 Å². The Labute approximate surface area is 304 Å². The van der Waals surface area contributed by atoms with Crippen LogP contribution in [0.2, 0.25) is 30.7 Å². The van der Waals surface area contributed by atoms with Gasteiger partial charge in [0.2, 0.25) is 0 Å². The first kappa shape index (κ1) is 40.0. The van der Waals surface area contributed by atoms with Crippen LogP contribution in [0.1, 0.15) is 64.9 Å². The SMILES string of the molecule is C=C1C[C@H](CC(O)CC(=C)C[Si](C)(C)C)O[C@H](CC(CCO[Si](c2ccccc2)(c2ccccc2)C(C)(C)C)OCc2ccc(OC)cc2)C1. The lowest BCUT2D eigenvalue weighted by molar-refractivity contribution is -0.0825. The summed E-state index contributed by atoms with van der Waals surface area (Å²) in [5, 5.41) is 13.5. The lowest BCUT2D eigenvalue weighted by Crippen LogP contribution is -2.66. The smallest absolute Gasteiger partial charge is 0.261 e. The van der Waals surface area contributed by atoms with Crippen molar-refractivity contribution in [1.82, 2.24) is 0 Å². The highest BCUT2D eigenvalue weighted by atomic mass is 28.4. The quantitative estimate of drug-likeness (QED) is 0.105. The van der Waals surface area contributed by atoms with Crippen molar-refractivity contribution in [3.8, 4) is 5.75 Å². The van der Waals surface area contributed by atoms with E-state index in [1.807, 2.05) is 12.1 Å². The van der Waals surface area contributed by atoms with E-state index in [4.69, 9.17) is 18.6 Å². The maximum Gasteiger partial charge on any atom is 0.261 e. The van der Waals surface area contributed by atoms with Gasteiger partial charge in [0.15, 0.2) is 0 Å². The number of benzene rings is 3. The summed E-state index contributed by atoms with van der Waals surface area (Å²) in [5.74, 6) is 0.829. The molecule has 1 heterocycles. The lowest BCUT2D eigenvalue weighted by Gasteiger charge is -2.43. The number of hydrogen-bond acceptors (Lipinski definition) is 5. The number of methoxy groups -OCH3 is 1. The molecule has 0 bridgehead atoms. The fourth-order valence-electron chi connectivity index (χ4n) is 7.52. The summed E-state index contributed by atoms with van der Waals surface area (Å²) >= 11 is 0. The highest BCUT2D eigenvalue weighted by Gasteiger charge is 2.50. The molecule has 0 aromatic heterocycles. The van der Waals surface area contributed by atoms with Crippen molar-refractivity contribution in [3.05, 3.63) is 115 Å². The fourth-order valence-corrected chi connectivity index (χ4v) is 13.7. The molecule has 3 aromatic carbocycles. The zero-order valence-electron chi connectivity index (χ0n) is 31.8. The topological polar surface area (TPSA) is 57.2 Å². The third kappa shape index (κ3) is 11.6. The van der Waals surface area contributed by atoms with Crippen molar-refractivity contribution in [2.24, 2.45) is 0 Å². The van der Waals surface area contributed by atoms with E-state index in [1.165, 1.54) is 15.9 Å². The van der Waals surface area contributed by atoms with Crippen LogP contribution in [0.5, 0.6) is 5.75 Å². The molecule has 4 rings (SSSR count). The summed E-state index contributed by atoms with van der Waals surface area (Å²) in [6.45, 7) is 23.7. The van der Waals surface area contributed by atoms with Crippen LogP contribution in [0.15, 0.2) is 109 Å². The molecule has 0 amide bonds. The van der Waals surface area contributed by atoms with Crippen molar-refractivity contribution in [1.29, 1.82) is 0 Å². The Balaban J connectivity index is 1.50. The van der Waals surface area contributed by atoms with Crippen molar-refractivity contribution in [2.75, 3.05) is 13.7 Å². The van der Waals surface area contributed by atoms with Crippen LogP contribution >= 0.6 is 0 Å². The van der Waals surface area contributed by atoms with Crippen LogP contribution < -0.4 is 15.1 Å². The highest BCUT2D eigenvalue weighted by Crippen LogP contribution is 2.37. The van der Waals surface area contributed by atoms with Gasteiger partial charge < -0.3 is 23.7 Å². The summed E-state index contributed by atoms with van der Waals surface area (Å²) in [7, 11) is -2.27. The van der Waals surface area contributed by atoms with Gasteiger partial charge in [-0.25, -0.2) is 0 Å². The fraction of sp³-hybridized carbons (Fsp3) is 0.488. The van der Waals surface area contributed by atoms with Crippen molar-refractivity contribution in [3.63, 3.8) is 0 Å². The van der Waals surface area contributed by atoms with E-state index in [-0.39, 0.29) is 23.4 Å². The molecule has 0 saturated carbocycles. The first-order chi connectivity index (χ1) is 23.7. The van der Waals surface area contributed by atoms with Gasteiger partial charge in [-0.15, -0.1) is 6.58 Å². The van der Waals surface area contributed by atoms with E-state index in [0.29, 0.717) is 26.1 Å². The Hall–Kier alpha value is -2.79. The normalized spacial score (nSPS) is 18.4. The molecule has 1 N–H and O–H groups in total. The number of aliphatic hydroxyl groups is 1. The Morgan fingerprint density at radius 1 is 0.880 bits per heavy atom. The van der Waals surface area contributed by atoms with Crippen molar-refractivity contribution < 1.29 is 23.7 Å². The van der Waals surface area contributed by atoms with Crippen molar-refractivity contribution >= 4 is 26.8 Å². The predicted molar refractivity (Wildman–Crippen MR) is 214 cm³/mol. The second-order valence-corrected chi connectivity index (χ2v) is 26.2. The molecule has 3 aromatic rings. The number of ether oxygens (including phenoxy) is 3. The molecule has 50 heavy (non-hydrogen) atoms. The van der Waals surface area contributed by atoms with E-state index in [0.717, 1.165) is 48.6 Å². The summed E-state index contributed by atoms with van der Waals surface area (Å²) in [5.41, 5.74) is 3.42. The van der Waals surface area contributed by atoms with Gasteiger partial charge in [-0.1, -0.05) is 131 Å². The molecule has 2 unspecified atom stereocenters. The summed E-state index contributed by atoms with van der Waals surface area (Å²) < 4.78 is 26.0. The Morgan fingerprint density at radius 3 is 1.96 bits per heavy atom. The number of rotatable bonds is 18. The summed E-state index contributed by atoms with van der Waals surface area (Å²) in [4.78, 5) is 0. The van der Waals surface area contributed by atoms with Gasteiger partial charge in [0.05, 0.1) is 38.1 Å². The third-order valence-electron chi connectivity index (χ3n) is 9.60. The van der Waals surface area contributed by atoms with Gasteiger partial charge >= 0.3 is 0 Å². The second kappa shape index (κ2) is 18.1. The molecule has 7 heteroatoms. The molecule has 0 aliphatic carbocycles. The first-order valence-corrected chi connectivity index (χ1v) is 24.0. The molecule has 4 atom stereocenters. The molecule has 1 aliphatic rings. The summed E-state index contributed by atoms with van der Waals surface area (Å²) in [6.07, 6.45) is 3.62. The molecule has 1 aliphatic heterocycles. The molecular formula is C43H62O5Si2. The standard InChI is InChI=1S/C43H62O5Si2/c1-33-27-39(29-36(44)26-34(2)32-49(7,8)9)48-40(28-33)30-38(46-31-35-20-22-37(45-6)23-21-35)24-25-47-50(43(3,4)5,41-16-12-10-13-17-41)42-18-14-11-15-19-42/h10-23,36,38-40,44H,1-2,24-32H2,3-9H3/t36?,38?,39-,40+/m1/s1. The minimum absolute atomic E-state index is 0.0348. The van der Waals surface area contributed by atoms with E-state index >= 15 is 0 Å². The largest absolute Gasteiger partial charge is 0.497 e. The van der Waals surface area contributed by atoms with E-state index in [9.17, 15) is 5.11 Å². The monoisotopic (exact) mass is 714 g/mol. The van der Waals surface area contributed by atoms with Gasteiger partial charge in [-0.3, -0.25) is 0 Å². The van der Waals surface area contributed by atoms with Crippen LogP contribution in [0, 0.1) is 0 Å². The Bertz CT molecular complexity index is 1440. The highest BCUT2D eigenvalue weighted by molar-refractivity contribution is 6.99. The minimum Gasteiger partial charge on any atom is -0.497 e. The minimum atomic E-state index is -2.68. The third-order valence-corrected chi connectivity index (χ3v) is 16.2. The van der Waals surface area contributed by atoms with E-state index in [2.05, 4.69) is 126 Å². The molecule has 1 saturated heterocycles. The van der Waals surface area contributed by atoms with Gasteiger partial charge in [-0.05, 0) is 64.8 Å². The van der Waals surface area contributed by atoms with Crippen LogP contribution in [-0.2, 0) is 20.5 Å². The second-order valence-electron chi connectivity index (χ2n) is 16.4. The molecule has 0 radical (unpaired) electrons. The first-order valence-electron chi connectivity index (χ1n) is 18.3. The number of aliphatic hydroxyl groups excluding tert-OH is 1. The molecule has 1 fully saturated rings. The molecular weight excluding hydrogens is 653 g/mol. The van der Waals surface area contributed by atoms with E-state index in [1.54, 1.807) is 7.11 Å². The van der Waals surface area contributed by atoms with Crippen LogP contribution in [0.3, 0.4) is 0 Å². The van der Waals surface area contributed by atoms with Crippen LogP contribution in [0.4, 0.5) is 0 Å². The van der Waals surface area contributed by atoms with Crippen molar-refractivity contribution in [2.45, 2.75) is 121 Å². The maximum atomic E-state index is 11.0. The van der Waals surface area contributed by atoms with Gasteiger partial charge in [0.1, 0.15) is 5.75 Å². The van der Waals surface area contributed by atoms with Gasteiger partial charge in [0, 0.05) is 27.5 Å². The Kier molecular flexibility index (Phi) is 14.5. The Morgan fingerprint density at radius 2 is 1.44 bits per heavy atom.